The predicted molar refractivity (Wildman–Crippen MR) is 143 cm³/mol. The summed E-state index contributed by atoms with van der Waals surface area (Å²) in [6.45, 7) is 7.90. The van der Waals surface area contributed by atoms with E-state index in [0.29, 0.717) is 11.4 Å². The molecule has 204 valence electrons. The van der Waals surface area contributed by atoms with Crippen LogP contribution in [0.15, 0.2) is 57.0 Å². The molecule has 1 aromatic heterocycles. The Morgan fingerprint density at radius 3 is 2.39 bits per heavy atom. The number of carbonyl (C=O) groups excluding carboxylic acids is 1. The van der Waals surface area contributed by atoms with Crippen molar-refractivity contribution in [2.24, 2.45) is 4.99 Å². The van der Waals surface area contributed by atoms with E-state index in [0.717, 1.165) is 25.9 Å². The summed E-state index contributed by atoms with van der Waals surface area (Å²) in [7, 11) is 1.58. The number of nitrogens with two attached hydrogens (primary N) is 1. The maximum Gasteiger partial charge on any atom is 0.353 e. The summed E-state index contributed by atoms with van der Waals surface area (Å²) in [4.78, 5) is 43.1. The standard InChI is InChI=1S/C27H35N5O6/c1-6-37-24(33)13-14-30-26(34)31(16-20-9-7-19(4)8-10-20)25(32(28)27(30)35)29-22-11-12-23(38-18(2)3)21(15-22)17-36-5/h7-12,15,18H,6,13-14,16-17,28H2,1-5H3/b29-25-. The molecule has 38 heavy (non-hydrogen) atoms. The summed E-state index contributed by atoms with van der Waals surface area (Å²) in [5.74, 6) is 6.33. The minimum absolute atomic E-state index is 0.0403. The third kappa shape index (κ3) is 7.00. The third-order valence-electron chi connectivity index (χ3n) is 5.60. The highest BCUT2D eigenvalue weighted by molar-refractivity contribution is 5.69. The van der Waals surface area contributed by atoms with Crippen molar-refractivity contribution < 1.29 is 19.0 Å². The van der Waals surface area contributed by atoms with Gasteiger partial charge in [0.2, 0.25) is 5.62 Å². The molecule has 3 aromatic rings. The Balaban J connectivity index is 2.19. The van der Waals surface area contributed by atoms with Crippen LogP contribution in [0.25, 0.3) is 0 Å². The number of ether oxygens (including phenoxy) is 3. The molecule has 11 heteroatoms. The van der Waals surface area contributed by atoms with Gasteiger partial charge >= 0.3 is 17.3 Å². The molecule has 0 fully saturated rings. The number of methoxy groups -OCH3 is 1. The van der Waals surface area contributed by atoms with Crippen molar-refractivity contribution in [3.63, 3.8) is 0 Å². The average Bonchev–Trinajstić information content (AvgIpc) is 2.87. The van der Waals surface area contributed by atoms with Crippen molar-refractivity contribution in [3.8, 4) is 5.75 Å². The zero-order chi connectivity index (χ0) is 27.8. The Bertz CT molecular complexity index is 1450. The van der Waals surface area contributed by atoms with Gasteiger partial charge in [-0.3, -0.25) is 9.36 Å². The highest BCUT2D eigenvalue weighted by Gasteiger charge is 2.16. The second-order valence-corrected chi connectivity index (χ2v) is 9.02. The van der Waals surface area contributed by atoms with Gasteiger partial charge in [0.25, 0.3) is 0 Å². The first-order chi connectivity index (χ1) is 18.1. The highest BCUT2D eigenvalue weighted by Crippen LogP contribution is 2.26. The van der Waals surface area contributed by atoms with Crippen LogP contribution in [0.1, 0.15) is 43.9 Å². The molecule has 2 N–H and O–H groups in total. The molecule has 0 bridgehead atoms. The fourth-order valence-corrected chi connectivity index (χ4v) is 3.80. The maximum atomic E-state index is 13.5. The number of nitrogen functional groups attached to an aromatic ring is 1. The van der Waals surface area contributed by atoms with Crippen LogP contribution in [0.3, 0.4) is 0 Å². The predicted octanol–water partition coefficient (Wildman–Crippen LogP) is 2.00. The van der Waals surface area contributed by atoms with E-state index < -0.39 is 17.3 Å². The van der Waals surface area contributed by atoms with Crippen LogP contribution in [-0.4, -0.2) is 39.6 Å². The van der Waals surface area contributed by atoms with Gasteiger partial charge < -0.3 is 20.1 Å². The summed E-state index contributed by atoms with van der Waals surface area (Å²) >= 11 is 0. The fraction of sp³-hybridized carbons (Fsp3) is 0.407. The molecule has 0 spiro atoms. The van der Waals surface area contributed by atoms with Crippen LogP contribution in [0.4, 0.5) is 5.69 Å². The zero-order valence-electron chi connectivity index (χ0n) is 22.5. The van der Waals surface area contributed by atoms with Gasteiger partial charge in [-0.25, -0.2) is 19.1 Å². The number of aryl methyl sites for hydroxylation is 1. The van der Waals surface area contributed by atoms with Gasteiger partial charge in [-0.2, -0.15) is 4.68 Å². The van der Waals surface area contributed by atoms with Crippen molar-refractivity contribution >= 4 is 11.7 Å². The number of esters is 1. The summed E-state index contributed by atoms with van der Waals surface area (Å²) in [6.07, 6.45) is -0.191. The molecule has 0 radical (unpaired) electrons. The van der Waals surface area contributed by atoms with Crippen molar-refractivity contribution in [2.75, 3.05) is 19.6 Å². The quantitative estimate of drug-likeness (QED) is 0.299. The molecule has 0 amide bonds. The number of aromatic nitrogens is 3. The molecule has 0 atom stereocenters. The van der Waals surface area contributed by atoms with Gasteiger partial charge in [0.1, 0.15) is 5.75 Å². The summed E-state index contributed by atoms with van der Waals surface area (Å²) in [6, 6.07) is 12.9. The van der Waals surface area contributed by atoms with Crippen LogP contribution in [-0.2, 0) is 34.0 Å². The molecule has 1 heterocycles. The fourth-order valence-electron chi connectivity index (χ4n) is 3.80. The lowest BCUT2D eigenvalue weighted by Gasteiger charge is -2.15. The van der Waals surface area contributed by atoms with Gasteiger partial charge in [0.05, 0.1) is 38.0 Å². The SMILES string of the molecule is CCOC(=O)CCn1c(=O)n(N)/c(=N\c2ccc(OC(C)C)c(COC)c2)n(Cc2ccc(C)cc2)c1=O. The minimum Gasteiger partial charge on any atom is -0.491 e. The van der Waals surface area contributed by atoms with E-state index in [1.807, 2.05) is 45.0 Å². The van der Waals surface area contributed by atoms with Crippen LogP contribution in [0.2, 0.25) is 0 Å². The molecule has 0 aliphatic heterocycles. The topological polar surface area (TPSA) is 132 Å². The van der Waals surface area contributed by atoms with Crippen LogP contribution >= 0.6 is 0 Å². The summed E-state index contributed by atoms with van der Waals surface area (Å²) in [5.41, 5.74) is 1.59. The second kappa shape index (κ2) is 12.9. The number of nitrogens with zero attached hydrogens (tertiary/aromatic N) is 4. The lowest BCUT2D eigenvalue weighted by molar-refractivity contribution is -0.143. The minimum atomic E-state index is -0.796. The maximum absolute atomic E-state index is 13.5. The van der Waals surface area contributed by atoms with Crippen LogP contribution in [0.5, 0.6) is 5.75 Å². The molecule has 0 saturated carbocycles. The van der Waals surface area contributed by atoms with Crippen molar-refractivity contribution in [2.45, 2.75) is 59.9 Å². The molecule has 11 nitrogen and oxygen atoms in total. The van der Waals surface area contributed by atoms with Crippen molar-refractivity contribution in [1.29, 1.82) is 0 Å². The molecular weight excluding hydrogens is 490 g/mol. The van der Waals surface area contributed by atoms with Gasteiger partial charge in [-0.05, 0) is 51.5 Å². The Morgan fingerprint density at radius 2 is 1.76 bits per heavy atom. The number of rotatable bonds is 11. The zero-order valence-corrected chi connectivity index (χ0v) is 22.5. The number of benzene rings is 2. The normalized spacial score (nSPS) is 11.7. The molecule has 0 aliphatic carbocycles. The number of carbonyl (C=O) groups is 1. The van der Waals surface area contributed by atoms with Gasteiger partial charge in [-0.1, -0.05) is 29.8 Å². The van der Waals surface area contributed by atoms with E-state index in [1.54, 1.807) is 32.2 Å². The van der Waals surface area contributed by atoms with Crippen LogP contribution < -0.4 is 27.6 Å². The van der Waals surface area contributed by atoms with Crippen LogP contribution in [0, 0.1) is 6.92 Å². The third-order valence-corrected chi connectivity index (χ3v) is 5.60. The molecule has 0 aliphatic rings. The Morgan fingerprint density at radius 1 is 1.05 bits per heavy atom. The second-order valence-electron chi connectivity index (χ2n) is 9.02. The number of hydrogen-bond donors (Lipinski definition) is 1. The first-order valence-corrected chi connectivity index (χ1v) is 12.4. The molecule has 3 rings (SSSR count). The molecule has 0 unspecified atom stereocenters. The Labute approximate surface area is 220 Å². The van der Waals surface area contributed by atoms with E-state index in [-0.39, 0.29) is 44.4 Å². The van der Waals surface area contributed by atoms with E-state index in [2.05, 4.69) is 4.99 Å². The number of hydrogen-bond acceptors (Lipinski definition) is 8. The van der Waals surface area contributed by atoms with Gasteiger partial charge in [-0.15, -0.1) is 0 Å². The van der Waals surface area contributed by atoms with Crippen molar-refractivity contribution in [3.05, 3.63) is 85.7 Å². The first-order valence-electron chi connectivity index (χ1n) is 12.4. The Kier molecular flexibility index (Phi) is 9.66. The molecule has 2 aromatic carbocycles. The molecular formula is C27H35N5O6. The van der Waals surface area contributed by atoms with Gasteiger partial charge in [0, 0.05) is 19.2 Å². The highest BCUT2D eigenvalue weighted by atomic mass is 16.5. The van der Waals surface area contributed by atoms with E-state index >= 15 is 0 Å². The largest absolute Gasteiger partial charge is 0.491 e. The smallest absolute Gasteiger partial charge is 0.353 e. The lowest BCUT2D eigenvalue weighted by atomic mass is 10.1. The summed E-state index contributed by atoms with van der Waals surface area (Å²) < 4.78 is 19.2. The molecule has 0 saturated heterocycles. The Hall–Kier alpha value is -4.12. The monoisotopic (exact) mass is 525 g/mol. The summed E-state index contributed by atoms with van der Waals surface area (Å²) in [5, 5.41) is 0. The van der Waals surface area contributed by atoms with E-state index in [4.69, 9.17) is 20.1 Å². The van der Waals surface area contributed by atoms with E-state index in [1.165, 1.54) is 4.57 Å². The first kappa shape index (κ1) is 28.5. The lowest BCUT2D eigenvalue weighted by Crippen LogP contribution is -2.57. The van der Waals surface area contributed by atoms with Crippen molar-refractivity contribution in [1.82, 2.24) is 13.8 Å². The average molecular weight is 526 g/mol. The van der Waals surface area contributed by atoms with E-state index in [9.17, 15) is 14.4 Å². The van der Waals surface area contributed by atoms with Gasteiger partial charge in [0.15, 0.2) is 0 Å².